The number of aromatic nitrogens is 4. The predicted octanol–water partition coefficient (Wildman–Crippen LogP) is -0.804. The van der Waals surface area contributed by atoms with Gasteiger partial charge >= 0.3 is 0 Å². The molecule has 11 nitrogen and oxygen atoms in total. The van der Waals surface area contributed by atoms with Crippen LogP contribution in [0.2, 0.25) is 0 Å². The van der Waals surface area contributed by atoms with Crippen molar-refractivity contribution in [1.29, 1.82) is 0 Å². The number of hydrogen-bond donors (Lipinski definition) is 4. The van der Waals surface area contributed by atoms with Crippen LogP contribution in [0.5, 0.6) is 0 Å². The fourth-order valence-corrected chi connectivity index (χ4v) is 4.23. The number of hydrogen-bond acceptors (Lipinski definition) is 10. The van der Waals surface area contributed by atoms with Gasteiger partial charge in [-0.05, 0) is 12.8 Å². The molecule has 2 aromatic rings. The predicted molar refractivity (Wildman–Crippen MR) is 97.3 cm³/mol. The molecule has 4 atom stereocenters. The fourth-order valence-electron chi connectivity index (χ4n) is 3.72. The Bertz CT molecular complexity index is 973. The lowest BCUT2D eigenvalue weighted by Gasteiger charge is -2.17. The van der Waals surface area contributed by atoms with Gasteiger partial charge in [-0.15, -0.1) is 0 Å². The molecule has 1 saturated carbocycles. The van der Waals surface area contributed by atoms with Gasteiger partial charge in [0.15, 0.2) is 23.2 Å². The zero-order valence-electron chi connectivity index (χ0n) is 15.3. The SMILES string of the molecule is CS(=O)(=O)c1nc(NC2CCCC2)c2ncn([C@@H]3O[C@H](CO)[C@@H](O)[C@H]3O)c2n1. The first kappa shape index (κ1) is 19.5. The van der Waals surface area contributed by atoms with E-state index in [2.05, 4.69) is 20.3 Å². The molecule has 154 valence electrons. The van der Waals surface area contributed by atoms with Crippen molar-refractivity contribution in [2.75, 3.05) is 18.2 Å². The third kappa shape index (κ3) is 3.35. The van der Waals surface area contributed by atoms with E-state index in [0.29, 0.717) is 11.3 Å². The average Bonchev–Trinajstić information content (AvgIpc) is 3.35. The number of nitrogens with zero attached hydrogens (tertiary/aromatic N) is 4. The van der Waals surface area contributed by atoms with E-state index in [1.165, 1.54) is 10.9 Å². The number of ether oxygens (including phenoxy) is 1. The molecular formula is C16H23N5O6S. The summed E-state index contributed by atoms with van der Waals surface area (Å²) in [7, 11) is -3.70. The first-order chi connectivity index (χ1) is 13.3. The molecule has 28 heavy (non-hydrogen) atoms. The second-order valence-corrected chi connectivity index (χ2v) is 9.22. The maximum Gasteiger partial charge on any atom is 0.250 e. The zero-order valence-corrected chi connectivity index (χ0v) is 16.1. The van der Waals surface area contributed by atoms with Crippen LogP contribution in [-0.4, -0.2) is 80.5 Å². The number of rotatable bonds is 5. The molecule has 2 aliphatic rings. The first-order valence-electron chi connectivity index (χ1n) is 9.13. The van der Waals surface area contributed by atoms with Gasteiger partial charge in [0.1, 0.15) is 18.3 Å². The molecule has 0 unspecified atom stereocenters. The number of fused-ring (bicyclic) bond motifs is 1. The van der Waals surface area contributed by atoms with Crippen molar-refractivity contribution in [2.24, 2.45) is 0 Å². The van der Waals surface area contributed by atoms with Crippen LogP contribution in [-0.2, 0) is 14.6 Å². The van der Waals surface area contributed by atoms with Crippen LogP contribution in [0.25, 0.3) is 11.2 Å². The van der Waals surface area contributed by atoms with Gasteiger partial charge in [0, 0.05) is 12.3 Å². The van der Waals surface area contributed by atoms with Gasteiger partial charge in [-0.25, -0.2) is 13.4 Å². The van der Waals surface area contributed by atoms with Crippen LogP contribution in [0.4, 0.5) is 5.82 Å². The van der Waals surface area contributed by atoms with Crippen molar-refractivity contribution < 1.29 is 28.5 Å². The lowest BCUT2D eigenvalue weighted by Crippen LogP contribution is -2.33. The summed E-state index contributed by atoms with van der Waals surface area (Å²) in [5.41, 5.74) is 0.503. The maximum atomic E-state index is 12.1. The molecule has 0 spiro atoms. The summed E-state index contributed by atoms with van der Waals surface area (Å²) in [6.07, 6.45) is 1.78. The quantitative estimate of drug-likeness (QED) is 0.457. The summed E-state index contributed by atoms with van der Waals surface area (Å²) in [4.78, 5) is 12.6. The van der Waals surface area contributed by atoms with Crippen LogP contribution in [0, 0.1) is 0 Å². The molecule has 0 aromatic carbocycles. The highest BCUT2D eigenvalue weighted by Crippen LogP contribution is 2.33. The van der Waals surface area contributed by atoms with Crippen molar-refractivity contribution in [3.63, 3.8) is 0 Å². The minimum Gasteiger partial charge on any atom is -0.394 e. The lowest BCUT2D eigenvalue weighted by atomic mass is 10.1. The molecule has 4 N–H and O–H groups in total. The molecule has 4 rings (SSSR count). The molecule has 2 aromatic heterocycles. The summed E-state index contributed by atoms with van der Waals surface area (Å²) in [6, 6.07) is 0.171. The van der Waals surface area contributed by atoms with E-state index < -0.39 is 41.0 Å². The minimum absolute atomic E-state index is 0.158. The molecule has 2 fully saturated rings. The van der Waals surface area contributed by atoms with E-state index in [4.69, 9.17) is 4.74 Å². The standard InChI is InChI=1S/C16H23N5O6S/c1-28(25,26)16-19-13(18-8-4-2-3-5-8)10-14(20-16)21(7-17-10)15-12(24)11(23)9(6-22)27-15/h7-9,11-12,15,22-24H,2-6H2,1H3,(H,18,19,20)/t9-,11-,12-,15-/m1/s1. The third-order valence-corrected chi connectivity index (χ3v) is 6.07. The zero-order chi connectivity index (χ0) is 20.1. The van der Waals surface area contributed by atoms with E-state index in [-0.39, 0.29) is 16.8 Å². The van der Waals surface area contributed by atoms with E-state index in [0.717, 1.165) is 31.9 Å². The largest absolute Gasteiger partial charge is 0.394 e. The van der Waals surface area contributed by atoms with E-state index in [1.807, 2.05) is 0 Å². The van der Waals surface area contributed by atoms with Gasteiger partial charge in [0.2, 0.25) is 9.84 Å². The highest BCUT2D eigenvalue weighted by atomic mass is 32.2. The number of imidazole rings is 1. The van der Waals surface area contributed by atoms with Gasteiger partial charge in [-0.2, -0.15) is 9.97 Å². The Hall–Kier alpha value is -1.86. The summed E-state index contributed by atoms with van der Waals surface area (Å²) in [5.74, 6) is 0.308. The summed E-state index contributed by atoms with van der Waals surface area (Å²) >= 11 is 0. The highest BCUT2D eigenvalue weighted by molar-refractivity contribution is 7.90. The number of anilines is 1. The first-order valence-corrected chi connectivity index (χ1v) is 11.0. The Morgan fingerprint density at radius 2 is 1.96 bits per heavy atom. The smallest absolute Gasteiger partial charge is 0.250 e. The Morgan fingerprint density at radius 3 is 2.57 bits per heavy atom. The number of aliphatic hydroxyl groups excluding tert-OH is 3. The molecule has 1 aliphatic heterocycles. The normalized spacial score (nSPS) is 29.0. The molecule has 1 saturated heterocycles. The topological polar surface area (TPSA) is 160 Å². The third-order valence-electron chi connectivity index (χ3n) is 5.22. The monoisotopic (exact) mass is 413 g/mol. The van der Waals surface area contributed by atoms with Crippen LogP contribution in [0.1, 0.15) is 31.9 Å². The van der Waals surface area contributed by atoms with E-state index >= 15 is 0 Å². The second-order valence-electron chi connectivity index (χ2n) is 7.31. The number of sulfone groups is 1. The molecule has 0 amide bonds. The van der Waals surface area contributed by atoms with E-state index in [9.17, 15) is 23.7 Å². The van der Waals surface area contributed by atoms with Crippen LogP contribution >= 0.6 is 0 Å². The van der Waals surface area contributed by atoms with Crippen LogP contribution in [0.15, 0.2) is 11.5 Å². The average molecular weight is 413 g/mol. The van der Waals surface area contributed by atoms with Crippen LogP contribution in [0.3, 0.4) is 0 Å². The second kappa shape index (κ2) is 7.19. The van der Waals surface area contributed by atoms with Gasteiger partial charge in [0.05, 0.1) is 12.9 Å². The Morgan fingerprint density at radius 1 is 1.25 bits per heavy atom. The van der Waals surface area contributed by atoms with Crippen molar-refractivity contribution in [1.82, 2.24) is 19.5 Å². The van der Waals surface area contributed by atoms with Crippen LogP contribution < -0.4 is 5.32 Å². The van der Waals surface area contributed by atoms with Gasteiger partial charge in [-0.3, -0.25) is 4.57 Å². The van der Waals surface area contributed by atoms with E-state index in [1.54, 1.807) is 0 Å². The Labute approximate surface area is 161 Å². The van der Waals surface area contributed by atoms with Crippen molar-refractivity contribution >= 4 is 26.8 Å². The maximum absolute atomic E-state index is 12.1. The Kier molecular flexibility index (Phi) is 5.00. The number of aliphatic hydroxyl groups is 3. The summed E-state index contributed by atoms with van der Waals surface area (Å²) < 4.78 is 31.1. The Balaban J connectivity index is 1.81. The van der Waals surface area contributed by atoms with Crippen molar-refractivity contribution in [2.45, 2.75) is 61.4 Å². The molecule has 12 heteroatoms. The molecule has 0 radical (unpaired) electrons. The van der Waals surface area contributed by atoms with Gasteiger partial charge in [0.25, 0.3) is 5.16 Å². The summed E-state index contributed by atoms with van der Waals surface area (Å²) in [5, 5.41) is 32.5. The highest BCUT2D eigenvalue weighted by Gasteiger charge is 2.44. The fraction of sp³-hybridized carbons (Fsp3) is 0.688. The summed E-state index contributed by atoms with van der Waals surface area (Å²) in [6.45, 7) is -0.473. The molecular weight excluding hydrogens is 390 g/mol. The minimum atomic E-state index is -3.70. The van der Waals surface area contributed by atoms with Crippen molar-refractivity contribution in [3.8, 4) is 0 Å². The van der Waals surface area contributed by atoms with Gasteiger partial charge in [-0.1, -0.05) is 12.8 Å². The molecule has 0 bridgehead atoms. The van der Waals surface area contributed by atoms with Crippen molar-refractivity contribution in [3.05, 3.63) is 6.33 Å². The molecule has 1 aliphatic carbocycles. The van der Waals surface area contributed by atoms with Gasteiger partial charge < -0.3 is 25.4 Å². The lowest BCUT2D eigenvalue weighted by molar-refractivity contribution is -0.0511. The molecule has 3 heterocycles. The number of nitrogens with one attached hydrogen (secondary N) is 1.